The molecule has 2 N–H and O–H groups in total. The first-order valence-electron chi connectivity index (χ1n) is 7.81. The van der Waals surface area contributed by atoms with Crippen molar-refractivity contribution in [2.24, 2.45) is 0 Å². The van der Waals surface area contributed by atoms with Gasteiger partial charge in [-0.05, 0) is 17.9 Å². The number of alkyl halides is 1. The van der Waals surface area contributed by atoms with Crippen LogP contribution in [0.2, 0.25) is 0 Å². The van der Waals surface area contributed by atoms with E-state index in [1.54, 1.807) is 0 Å². The van der Waals surface area contributed by atoms with Gasteiger partial charge in [0.1, 0.15) is 0 Å². The number of rotatable bonds is 7. The highest BCUT2D eigenvalue weighted by atomic mass is 79.9. The van der Waals surface area contributed by atoms with Crippen LogP contribution >= 0.6 is 15.9 Å². The first-order valence-corrected chi connectivity index (χ1v) is 8.72. The second kappa shape index (κ2) is 8.67. The lowest BCUT2D eigenvalue weighted by atomic mass is 10.1. The topological polar surface area (TPSA) is 58.2 Å². The number of fused-ring (bicyclic) bond motifs is 1. The van der Waals surface area contributed by atoms with Gasteiger partial charge in [-0.2, -0.15) is 0 Å². The molecule has 2 rings (SSSR count). The lowest BCUT2D eigenvalue weighted by molar-refractivity contribution is -0.120. The maximum Gasteiger partial charge on any atom is 0.233 e. The molecule has 0 aliphatic heterocycles. The Labute approximate surface area is 144 Å². The van der Waals surface area contributed by atoms with Crippen molar-refractivity contribution in [2.75, 3.05) is 11.9 Å². The highest BCUT2D eigenvalue weighted by Crippen LogP contribution is 2.22. The van der Waals surface area contributed by atoms with Crippen LogP contribution in [-0.2, 0) is 9.59 Å². The van der Waals surface area contributed by atoms with Crippen LogP contribution in [0.1, 0.15) is 26.2 Å². The fourth-order valence-electron chi connectivity index (χ4n) is 2.34. The molecule has 0 radical (unpaired) electrons. The van der Waals surface area contributed by atoms with Crippen molar-refractivity contribution in [2.45, 2.75) is 31.0 Å². The molecule has 0 aliphatic rings. The Morgan fingerprint density at radius 3 is 2.65 bits per heavy atom. The molecule has 0 saturated heterocycles. The summed E-state index contributed by atoms with van der Waals surface area (Å²) in [6, 6.07) is 13.7. The SMILES string of the molecule is CCC[C@H](Br)C(=O)NCCC(=O)Nc1cccc2ccccc12. The molecule has 0 heterocycles. The van der Waals surface area contributed by atoms with E-state index < -0.39 is 0 Å². The van der Waals surface area contributed by atoms with Crippen molar-refractivity contribution in [1.82, 2.24) is 5.32 Å². The zero-order valence-corrected chi connectivity index (χ0v) is 14.7. The Bertz CT molecular complexity index is 682. The number of nitrogens with one attached hydrogen (secondary N) is 2. The van der Waals surface area contributed by atoms with Crippen LogP contribution < -0.4 is 10.6 Å². The van der Waals surface area contributed by atoms with Gasteiger partial charge in [0.25, 0.3) is 0 Å². The largest absolute Gasteiger partial charge is 0.355 e. The van der Waals surface area contributed by atoms with Crippen LogP contribution in [0.4, 0.5) is 5.69 Å². The number of amides is 2. The summed E-state index contributed by atoms with van der Waals surface area (Å²) in [5, 5.41) is 7.78. The van der Waals surface area contributed by atoms with E-state index in [1.165, 1.54) is 0 Å². The number of carbonyl (C=O) groups excluding carboxylic acids is 2. The third kappa shape index (κ3) is 5.06. The van der Waals surface area contributed by atoms with E-state index in [4.69, 9.17) is 0 Å². The molecule has 4 nitrogen and oxygen atoms in total. The van der Waals surface area contributed by atoms with Gasteiger partial charge in [-0.25, -0.2) is 0 Å². The van der Waals surface area contributed by atoms with Gasteiger partial charge in [-0.1, -0.05) is 65.7 Å². The standard InChI is InChI=1S/C18H21BrN2O2/c1-2-6-15(19)18(23)20-12-11-17(22)21-16-10-5-8-13-7-3-4-9-14(13)16/h3-5,7-10,15H,2,6,11-12H2,1H3,(H,20,23)(H,21,22)/t15-/m0/s1. The van der Waals surface area contributed by atoms with Gasteiger partial charge in [-0.3, -0.25) is 9.59 Å². The quantitative estimate of drug-likeness (QED) is 0.721. The Morgan fingerprint density at radius 1 is 1.13 bits per heavy atom. The van der Waals surface area contributed by atoms with Crippen molar-refractivity contribution in [3.8, 4) is 0 Å². The molecular formula is C18H21BrN2O2. The predicted molar refractivity (Wildman–Crippen MR) is 97.8 cm³/mol. The molecule has 0 aromatic heterocycles. The summed E-state index contributed by atoms with van der Waals surface area (Å²) < 4.78 is 0. The lowest BCUT2D eigenvalue weighted by Crippen LogP contribution is -2.33. The summed E-state index contributed by atoms with van der Waals surface area (Å²) in [5.74, 6) is -0.173. The van der Waals surface area contributed by atoms with Crippen LogP contribution in [-0.4, -0.2) is 23.2 Å². The monoisotopic (exact) mass is 376 g/mol. The van der Waals surface area contributed by atoms with Crippen LogP contribution in [0.3, 0.4) is 0 Å². The van der Waals surface area contributed by atoms with E-state index in [2.05, 4.69) is 26.6 Å². The normalized spacial score (nSPS) is 11.9. The molecule has 0 saturated carbocycles. The van der Waals surface area contributed by atoms with Crippen LogP contribution in [0, 0.1) is 0 Å². The predicted octanol–water partition coefficient (Wildman–Crippen LogP) is 3.85. The average Bonchev–Trinajstić information content (AvgIpc) is 2.55. The van der Waals surface area contributed by atoms with Gasteiger partial charge in [-0.15, -0.1) is 0 Å². The summed E-state index contributed by atoms with van der Waals surface area (Å²) in [7, 11) is 0. The third-order valence-corrected chi connectivity index (χ3v) is 4.42. The van der Waals surface area contributed by atoms with E-state index in [-0.39, 0.29) is 23.1 Å². The molecule has 0 aliphatic carbocycles. The summed E-state index contributed by atoms with van der Waals surface area (Å²) in [6.07, 6.45) is 1.97. The molecule has 0 spiro atoms. The number of hydrogen-bond donors (Lipinski definition) is 2. The number of carbonyl (C=O) groups is 2. The van der Waals surface area contributed by atoms with Crippen molar-refractivity contribution in [3.05, 3.63) is 42.5 Å². The Morgan fingerprint density at radius 2 is 1.87 bits per heavy atom. The van der Waals surface area contributed by atoms with Gasteiger partial charge in [0.05, 0.1) is 4.83 Å². The summed E-state index contributed by atoms with van der Waals surface area (Å²) in [4.78, 5) is 23.6. The van der Waals surface area contributed by atoms with Gasteiger partial charge in [0.2, 0.25) is 11.8 Å². The van der Waals surface area contributed by atoms with Crippen LogP contribution in [0.25, 0.3) is 10.8 Å². The van der Waals surface area contributed by atoms with Gasteiger partial charge >= 0.3 is 0 Å². The van der Waals surface area contributed by atoms with Crippen molar-refractivity contribution < 1.29 is 9.59 Å². The minimum absolute atomic E-state index is 0.0650. The highest BCUT2D eigenvalue weighted by Gasteiger charge is 2.13. The minimum Gasteiger partial charge on any atom is -0.355 e. The van der Waals surface area contributed by atoms with Crippen molar-refractivity contribution >= 4 is 44.2 Å². The highest BCUT2D eigenvalue weighted by molar-refractivity contribution is 9.10. The number of hydrogen-bond acceptors (Lipinski definition) is 2. The van der Waals surface area contributed by atoms with Crippen LogP contribution in [0.15, 0.2) is 42.5 Å². The minimum atomic E-state index is -0.186. The Kier molecular flexibility index (Phi) is 6.59. The molecule has 23 heavy (non-hydrogen) atoms. The second-order valence-electron chi connectivity index (χ2n) is 5.37. The van der Waals surface area contributed by atoms with Gasteiger partial charge in [0.15, 0.2) is 0 Å². The zero-order valence-electron chi connectivity index (χ0n) is 13.1. The molecule has 2 aromatic rings. The van der Waals surface area contributed by atoms with E-state index in [9.17, 15) is 9.59 Å². The molecule has 0 unspecified atom stereocenters. The van der Waals surface area contributed by atoms with Crippen molar-refractivity contribution in [3.63, 3.8) is 0 Å². The van der Waals surface area contributed by atoms with E-state index in [0.717, 1.165) is 29.3 Å². The molecule has 5 heteroatoms. The smallest absolute Gasteiger partial charge is 0.233 e. The van der Waals surface area contributed by atoms with Crippen LogP contribution in [0.5, 0.6) is 0 Å². The first kappa shape index (κ1) is 17.5. The molecular weight excluding hydrogens is 356 g/mol. The lowest BCUT2D eigenvalue weighted by Gasteiger charge is -2.11. The summed E-state index contributed by atoms with van der Waals surface area (Å²) in [6.45, 7) is 2.36. The number of benzene rings is 2. The van der Waals surface area contributed by atoms with Gasteiger partial charge in [0, 0.05) is 24.0 Å². The summed E-state index contributed by atoms with van der Waals surface area (Å²) >= 11 is 3.34. The first-order chi connectivity index (χ1) is 11.1. The zero-order chi connectivity index (χ0) is 16.7. The van der Waals surface area contributed by atoms with E-state index >= 15 is 0 Å². The second-order valence-corrected chi connectivity index (χ2v) is 6.48. The molecule has 2 amide bonds. The molecule has 122 valence electrons. The Balaban J connectivity index is 1.86. The number of halogens is 1. The van der Waals surface area contributed by atoms with Crippen molar-refractivity contribution in [1.29, 1.82) is 0 Å². The fourth-order valence-corrected chi connectivity index (χ4v) is 2.96. The van der Waals surface area contributed by atoms with Gasteiger partial charge < -0.3 is 10.6 Å². The molecule has 2 aromatic carbocycles. The molecule has 0 bridgehead atoms. The molecule has 1 atom stereocenters. The summed E-state index contributed by atoms with van der Waals surface area (Å²) in [5.41, 5.74) is 0.795. The maximum absolute atomic E-state index is 12.1. The average molecular weight is 377 g/mol. The van der Waals surface area contributed by atoms with E-state index in [0.29, 0.717) is 6.54 Å². The maximum atomic E-state index is 12.1. The molecule has 0 fully saturated rings. The number of anilines is 1. The van der Waals surface area contributed by atoms with E-state index in [1.807, 2.05) is 49.4 Å². The fraction of sp³-hybridized carbons (Fsp3) is 0.333. The Hall–Kier alpha value is -1.88. The third-order valence-electron chi connectivity index (χ3n) is 3.54.